The Hall–Kier alpha value is -3.70. The third kappa shape index (κ3) is 6.89. The van der Waals surface area contributed by atoms with Gasteiger partial charge in [0.1, 0.15) is 0 Å². The van der Waals surface area contributed by atoms with Gasteiger partial charge >= 0.3 is 5.97 Å². The Balaban J connectivity index is 1.59. The van der Waals surface area contributed by atoms with Gasteiger partial charge in [-0.25, -0.2) is 4.79 Å². The second-order valence-corrected chi connectivity index (χ2v) is 8.13. The minimum atomic E-state index is -0.644. The smallest absolute Gasteiger partial charge is 0.331 e. The van der Waals surface area contributed by atoms with Gasteiger partial charge in [-0.2, -0.15) is 0 Å². The quantitative estimate of drug-likeness (QED) is 0.258. The highest BCUT2D eigenvalue weighted by atomic mass is 35.5. The van der Waals surface area contributed by atoms with E-state index in [4.69, 9.17) is 16.3 Å². The van der Waals surface area contributed by atoms with Crippen molar-refractivity contribution in [1.82, 2.24) is 0 Å². The molecule has 168 valence electrons. The van der Waals surface area contributed by atoms with E-state index in [1.54, 1.807) is 48.5 Å². The zero-order valence-electron chi connectivity index (χ0n) is 18.4. The van der Waals surface area contributed by atoms with Crippen LogP contribution in [0.15, 0.2) is 78.9 Å². The molecule has 1 amide bonds. The molecule has 6 heteroatoms. The number of nitrogens with one attached hydrogen (secondary N) is 1. The van der Waals surface area contributed by atoms with Crippen molar-refractivity contribution >= 4 is 41.0 Å². The van der Waals surface area contributed by atoms with Crippen molar-refractivity contribution in [2.45, 2.75) is 19.8 Å². The highest BCUT2D eigenvalue weighted by Gasteiger charge is 2.16. The largest absolute Gasteiger partial charge is 0.452 e. The van der Waals surface area contributed by atoms with Crippen molar-refractivity contribution in [3.05, 3.63) is 106 Å². The number of esters is 1. The maximum atomic E-state index is 12.8. The van der Waals surface area contributed by atoms with Crippen molar-refractivity contribution < 1.29 is 19.1 Å². The molecule has 0 atom stereocenters. The first-order valence-electron chi connectivity index (χ1n) is 10.5. The average Bonchev–Trinajstić information content (AvgIpc) is 2.83. The molecule has 0 fully saturated rings. The summed E-state index contributed by atoms with van der Waals surface area (Å²) in [4.78, 5) is 37.2. The second-order valence-electron chi connectivity index (χ2n) is 7.70. The SMILES string of the molecule is CC(C)c1ccc(/C=C/C(=O)OCC(=O)Nc2ccc(Cl)cc2C(=O)c2ccccc2)cc1. The van der Waals surface area contributed by atoms with E-state index in [1.165, 1.54) is 17.7 Å². The molecule has 0 heterocycles. The lowest BCUT2D eigenvalue weighted by Crippen LogP contribution is -2.21. The Labute approximate surface area is 198 Å². The van der Waals surface area contributed by atoms with E-state index in [0.717, 1.165) is 5.56 Å². The van der Waals surface area contributed by atoms with Crippen molar-refractivity contribution in [2.75, 3.05) is 11.9 Å². The Morgan fingerprint density at radius 2 is 1.67 bits per heavy atom. The molecule has 0 aliphatic heterocycles. The van der Waals surface area contributed by atoms with Gasteiger partial charge in [0.15, 0.2) is 12.4 Å². The molecule has 0 radical (unpaired) electrons. The van der Waals surface area contributed by atoms with Crippen LogP contribution in [-0.4, -0.2) is 24.3 Å². The predicted molar refractivity (Wildman–Crippen MR) is 130 cm³/mol. The fraction of sp³-hybridized carbons (Fsp3) is 0.148. The van der Waals surface area contributed by atoms with Crippen molar-refractivity contribution in [1.29, 1.82) is 0 Å². The summed E-state index contributed by atoms with van der Waals surface area (Å²) in [5.41, 5.74) is 3.06. The van der Waals surface area contributed by atoms with Crippen LogP contribution in [0.5, 0.6) is 0 Å². The number of carbonyl (C=O) groups is 3. The summed E-state index contributed by atoms with van der Waals surface area (Å²) in [6, 6.07) is 21.1. The van der Waals surface area contributed by atoms with E-state index in [9.17, 15) is 14.4 Å². The standard InChI is InChI=1S/C27H24ClNO4/c1-18(2)20-11-8-19(9-12-20)10-15-26(31)33-17-25(30)29-24-14-13-22(28)16-23(24)27(32)21-6-4-3-5-7-21/h3-16,18H,17H2,1-2H3,(H,29,30)/b15-10+. The van der Waals surface area contributed by atoms with Gasteiger partial charge in [0.25, 0.3) is 5.91 Å². The zero-order valence-corrected chi connectivity index (χ0v) is 19.1. The summed E-state index contributed by atoms with van der Waals surface area (Å²) in [7, 11) is 0. The minimum Gasteiger partial charge on any atom is -0.452 e. The van der Waals surface area contributed by atoms with Gasteiger partial charge in [0.05, 0.1) is 5.69 Å². The predicted octanol–water partition coefficient (Wildman–Crippen LogP) is 5.89. The lowest BCUT2D eigenvalue weighted by molar-refractivity contribution is -0.142. The van der Waals surface area contributed by atoms with Crippen LogP contribution >= 0.6 is 11.6 Å². The maximum Gasteiger partial charge on any atom is 0.331 e. The zero-order chi connectivity index (χ0) is 23.8. The highest BCUT2D eigenvalue weighted by Crippen LogP contribution is 2.24. The third-order valence-electron chi connectivity index (χ3n) is 4.90. The van der Waals surface area contributed by atoms with E-state index < -0.39 is 18.5 Å². The second kappa shape index (κ2) is 11.2. The van der Waals surface area contributed by atoms with E-state index in [0.29, 0.717) is 16.5 Å². The molecule has 0 aliphatic carbocycles. The summed E-state index contributed by atoms with van der Waals surface area (Å²) < 4.78 is 5.02. The molecule has 3 aromatic rings. The van der Waals surface area contributed by atoms with Crippen LogP contribution in [0.3, 0.4) is 0 Å². The molecule has 1 N–H and O–H groups in total. The Morgan fingerprint density at radius 3 is 2.33 bits per heavy atom. The fourth-order valence-electron chi connectivity index (χ4n) is 3.09. The number of halogens is 1. The maximum absolute atomic E-state index is 12.8. The molecule has 3 aromatic carbocycles. The first kappa shape index (κ1) is 24.0. The van der Waals surface area contributed by atoms with E-state index >= 15 is 0 Å². The van der Waals surface area contributed by atoms with Gasteiger partial charge in [-0.1, -0.05) is 80.0 Å². The summed E-state index contributed by atoms with van der Waals surface area (Å²) in [5, 5.41) is 2.98. The number of hydrogen-bond acceptors (Lipinski definition) is 4. The first-order valence-corrected chi connectivity index (χ1v) is 10.8. The lowest BCUT2D eigenvalue weighted by Gasteiger charge is -2.11. The fourth-order valence-corrected chi connectivity index (χ4v) is 3.26. The Kier molecular flexibility index (Phi) is 8.17. The summed E-state index contributed by atoms with van der Waals surface area (Å²) in [6.07, 6.45) is 2.89. The molecule has 3 rings (SSSR count). The molecule has 0 aliphatic rings. The van der Waals surface area contributed by atoms with Crippen LogP contribution in [0.4, 0.5) is 5.69 Å². The number of ketones is 1. The summed E-state index contributed by atoms with van der Waals surface area (Å²) in [5.74, 6) is -1.07. The van der Waals surface area contributed by atoms with Gasteiger partial charge in [-0.05, 0) is 41.3 Å². The van der Waals surface area contributed by atoms with Crippen LogP contribution in [0, 0.1) is 0 Å². The number of rotatable bonds is 8. The van der Waals surface area contributed by atoms with Crippen molar-refractivity contribution in [3.63, 3.8) is 0 Å². The van der Waals surface area contributed by atoms with Gasteiger partial charge in [0, 0.05) is 22.2 Å². The van der Waals surface area contributed by atoms with Crippen LogP contribution in [-0.2, 0) is 14.3 Å². The molecule has 0 unspecified atom stereocenters. The molecule has 0 saturated carbocycles. The molecular weight excluding hydrogens is 438 g/mol. The first-order chi connectivity index (χ1) is 15.8. The van der Waals surface area contributed by atoms with E-state index in [2.05, 4.69) is 19.2 Å². The Bertz CT molecular complexity index is 1170. The monoisotopic (exact) mass is 461 g/mol. The number of carbonyl (C=O) groups excluding carboxylic acids is 3. The highest BCUT2D eigenvalue weighted by molar-refractivity contribution is 6.31. The molecule has 5 nitrogen and oxygen atoms in total. The van der Waals surface area contributed by atoms with Crippen molar-refractivity contribution in [3.8, 4) is 0 Å². The number of amides is 1. The number of hydrogen-bond donors (Lipinski definition) is 1. The van der Waals surface area contributed by atoms with Crippen LogP contribution in [0.25, 0.3) is 6.08 Å². The van der Waals surface area contributed by atoms with Crippen LogP contribution in [0.2, 0.25) is 5.02 Å². The molecule has 0 spiro atoms. The normalized spacial score (nSPS) is 10.9. The Morgan fingerprint density at radius 1 is 0.970 bits per heavy atom. The molecular formula is C27H24ClNO4. The van der Waals surface area contributed by atoms with Crippen LogP contribution in [0.1, 0.15) is 46.8 Å². The minimum absolute atomic E-state index is 0.248. The molecule has 0 aromatic heterocycles. The number of benzene rings is 3. The molecule has 0 bridgehead atoms. The molecule has 33 heavy (non-hydrogen) atoms. The van der Waals surface area contributed by atoms with Crippen LogP contribution < -0.4 is 5.32 Å². The van der Waals surface area contributed by atoms with Gasteiger partial charge in [-0.15, -0.1) is 0 Å². The van der Waals surface area contributed by atoms with Gasteiger partial charge in [0.2, 0.25) is 0 Å². The summed E-state index contributed by atoms with van der Waals surface area (Å²) >= 11 is 6.05. The van der Waals surface area contributed by atoms with E-state index in [1.807, 2.05) is 24.3 Å². The average molecular weight is 462 g/mol. The lowest BCUT2D eigenvalue weighted by atomic mass is 10.0. The van der Waals surface area contributed by atoms with Crippen molar-refractivity contribution in [2.24, 2.45) is 0 Å². The number of anilines is 1. The molecule has 0 saturated heterocycles. The topological polar surface area (TPSA) is 72.5 Å². The van der Waals surface area contributed by atoms with Gasteiger partial charge in [-0.3, -0.25) is 9.59 Å². The van der Waals surface area contributed by atoms with Gasteiger partial charge < -0.3 is 10.1 Å². The van der Waals surface area contributed by atoms with E-state index in [-0.39, 0.29) is 17.0 Å². The summed E-state index contributed by atoms with van der Waals surface area (Å²) in [6.45, 7) is 3.73. The third-order valence-corrected chi connectivity index (χ3v) is 5.13. The number of ether oxygens (including phenoxy) is 1.